The summed E-state index contributed by atoms with van der Waals surface area (Å²) in [6, 6.07) is 26.9. The predicted octanol–water partition coefficient (Wildman–Crippen LogP) is 7.69. The number of hydrogen-bond donors (Lipinski definition) is 1. The first-order valence-electron chi connectivity index (χ1n) is 12.8. The maximum atomic E-state index is 4.52. The van der Waals surface area contributed by atoms with Crippen LogP contribution >= 0.6 is 0 Å². The summed E-state index contributed by atoms with van der Waals surface area (Å²) in [5.74, 6) is 0. The molecule has 0 amide bonds. The summed E-state index contributed by atoms with van der Waals surface area (Å²) < 4.78 is 0. The minimum absolute atomic E-state index is 0.450. The Morgan fingerprint density at radius 2 is 1.40 bits per heavy atom. The first-order valence-corrected chi connectivity index (χ1v) is 12.8. The highest BCUT2D eigenvalue weighted by Gasteiger charge is 2.20. The van der Waals surface area contributed by atoms with E-state index in [4.69, 9.17) is 0 Å². The Kier molecular flexibility index (Phi) is 7.87. The number of allylic oxidation sites excluding steroid dienone is 3. The van der Waals surface area contributed by atoms with Crippen molar-refractivity contribution in [3.05, 3.63) is 107 Å². The zero-order valence-electron chi connectivity index (χ0n) is 21.7. The molecule has 3 nitrogen and oxygen atoms in total. The van der Waals surface area contributed by atoms with E-state index in [0.29, 0.717) is 6.04 Å². The monoisotopic (exact) mass is 463 g/mol. The van der Waals surface area contributed by atoms with Crippen LogP contribution in [0.4, 0.5) is 11.4 Å². The molecule has 0 radical (unpaired) electrons. The number of aliphatic imine (C=N–C) groups is 1. The molecule has 4 rings (SSSR count). The van der Waals surface area contributed by atoms with E-state index in [0.717, 1.165) is 30.9 Å². The zero-order chi connectivity index (χ0) is 24.8. The normalized spacial score (nSPS) is 16.1. The number of benzene rings is 3. The Bertz CT molecular complexity index is 1230. The second kappa shape index (κ2) is 11.2. The summed E-state index contributed by atoms with van der Waals surface area (Å²) in [6.07, 6.45) is 5.46. The van der Waals surface area contributed by atoms with E-state index >= 15 is 0 Å². The van der Waals surface area contributed by atoms with Gasteiger partial charge in [0.1, 0.15) is 0 Å². The lowest BCUT2D eigenvalue weighted by Gasteiger charge is -2.23. The van der Waals surface area contributed by atoms with Crippen LogP contribution in [0.25, 0.3) is 11.1 Å². The average molecular weight is 464 g/mol. The van der Waals surface area contributed by atoms with Gasteiger partial charge in [0.2, 0.25) is 0 Å². The van der Waals surface area contributed by atoms with Gasteiger partial charge >= 0.3 is 0 Å². The van der Waals surface area contributed by atoms with E-state index in [9.17, 15) is 0 Å². The molecule has 1 N–H and O–H groups in total. The largest absolute Gasteiger partial charge is 0.383 e. The van der Waals surface area contributed by atoms with E-state index in [1.807, 2.05) is 7.05 Å². The SMILES string of the molecule is CCC(C)Nc1ccc(C(=C2C=CC(=NC)c3ccccc32)c2ccc(N(CC)CC)cc2)cc1. The zero-order valence-corrected chi connectivity index (χ0v) is 21.7. The Morgan fingerprint density at radius 1 is 0.800 bits per heavy atom. The van der Waals surface area contributed by atoms with Crippen molar-refractivity contribution in [1.29, 1.82) is 0 Å². The Balaban J connectivity index is 1.87. The summed E-state index contributed by atoms with van der Waals surface area (Å²) >= 11 is 0. The number of anilines is 2. The van der Waals surface area contributed by atoms with Gasteiger partial charge in [0.25, 0.3) is 0 Å². The Labute approximate surface area is 210 Å². The van der Waals surface area contributed by atoms with Crippen LogP contribution in [-0.2, 0) is 0 Å². The summed E-state index contributed by atoms with van der Waals surface area (Å²) in [4.78, 5) is 6.90. The van der Waals surface area contributed by atoms with Crippen LogP contribution in [0.2, 0.25) is 0 Å². The van der Waals surface area contributed by atoms with Gasteiger partial charge in [0.15, 0.2) is 0 Å². The second-order valence-electron chi connectivity index (χ2n) is 9.03. The molecule has 35 heavy (non-hydrogen) atoms. The van der Waals surface area contributed by atoms with E-state index in [1.54, 1.807) is 0 Å². The molecule has 0 saturated carbocycles. The quantitative estimate of drug-likeness (QED) is 0.371. The summed E-state index contributed by atoms with van der Waals surface area (Å²) in [5, 5.41) is 3.59. The lowest BCUT2D eigenvalue weighted by atomic mass is 9.83. The highest BCUT2D eigenvalue weighted by molar-refractivity contribution is 6.19. The molecule has 1 aliphatic carbocycles. The molecule has 0 aliphatic heterocycles. The first kappa shape index (κ1) is 24.5. The third-order valence-corrected chi connectivity index (χ3v) is 6.89. The van der Waals surface area contributed by atoms with Crippen LogP contribution in [0.5, 0.6) is 0 Å². The minimum atomic E-state index is 0.450. The van der Waals surface area contributed by atoms with Crippen LogP contribution in [0.15, 0.2) is 89.9 Å². The van der Waals surface area contributed by atoms with Crippen molar-refractivity contribution in [3.63, 3.8) is 0 Å². The molecule has 0 fully saturated rings. The van der Waals surface area contributed by atoms with Crippen molar-refractivity contribution in [2.24, 2.45) is 4.99 Å². The molecule has 3 heteroatoms. The highest BCUT2D eigenvalue weighted by Crippen LogP contribution is 2.38. The summed E-state index contributed by atoms with van der Waals surface area (Å²) in [5.41, 5.74) is 10.7. The smallest absolute Gasteiger partial charge is 0.0649 e. The highest BCUT2D eigenvalue weighted by atomic mass is 15.1. The fourth-order valence-electron chi connectivity index (χ4n) is 4.72. The maximum absolute atomic E-state index is 4.52. The molecule has 0 saturated heterocycles. The van der Waals surface area contributed by atoms with Crippen molar-refractivity contribution in [2.45, 2.75) is 40.2 Å². The molecule has 0 heterocycles. The van der Waals surface area contributed by atoms with Gasteiger partial charge in [-0.1, -0.05) is 61.5 Å². The van der Waals surface area contributed by atoms with Gasteiger partial charge in [-0.2, -0.15) is 0 Å². The summed E-state index contributed by atoms with van der Waals surface area (Å²) in [6.45, 7) is 10.8. The fraction of sp³-hybridized carbons (Fsp3) is 0.281. The van der Waals surface area contributed by atoms with Gasteiger partial charge in [-0.3, -0.25) is 4.99 Å². The molecular formula is C32H37N3. The van der Waals surface area contributed by atoms with Gasteiger partial charge < -0.3 is 10.2 Å². The molecule has 180 valence electrons. The van der Waals surface area contributed by atoms with Gasteiger partial charge in [-0.05, 0) is 85.4 Å². The lowest BCUT2D eigenvalue weighted by molar-refractivity contribution is 0.764. The van der Waals surface area contributed by atoms with E-state index in [2.05, 4.69) is 128 Å². The fourth-order valence-corrected chi connectivity index (χ4v) is 4.72. The van der Waals surface area contributed by atoms with Crippen LogP contribution < -0.4 is 10.2 Å². The third kappa shape index (κ3) is 5.24. The molecule has 1 aliphatic rings. The Hall–Kier alpha value is -3.59. The van der Waals surface area contributed by atoms with Gasteiger partial charge in [-0.15, -0.1) is 0 Å². The summed E-state index contributed by atoms with van der Waals surface area (Å²) in [7, 11) is 1.86. The molecule has 0 bridgehead atoms. The molecule has 1 atom stereocenters. The lowest BCUT2D eigenvalue weighted by Crippen LogP contribution is -2.21. The van der Waals surface area contributed by atoms with Crippen molar-refractivity contribution in [2.75, 3.05) is 30.4 Å². The Morgan fingerprint density at radius 3 is 1.97 bits per heavy atom. The topological polar surface area (TPSA) is 27.6 Å². The van der Waals surface area contributed by atoms with Crippen molar-refractivity contribution in [3.8, 4) is 0 Å². The van der Waals surface area contributed by atoms with E-state index in [1.165, 1.54) is 39.1 Å². The first-order chi connectivity index (χ1) is 17.1. The minimum Gasteiger partial charge on any atom is -0.383 e. The third-order valence-electron chi connectivity index (χ3n) is 6.89. The standard InChI is InChI=1S/C32H37N3/c1-6-23(4)34-26-17-13-24(14-18-26)32(25-15-19-27(20-16-25)35(7-2)8-3)30-21-22-31(33-5)29-12-10-9-11-28(29)30/h9-23,34H,6-8H2,1-5H3. The van der Waals surface area contributed by atoms with Crippen LogP contribution in [0.1, 0.15) is 56.4 Å². The molecule has 0 aromatic heterocycles. The van der Waals surface area contributed by atoms with Gasteiger partial charge in [0, 0.05) is 43.1 Å². The van der Waals surface area contributed by atoms with Gasteiger partial charge in [0.05, 0.1) is 5.71 Å². The number of fused-ring (bicyclic) bond motifs is 1. The number of rotatable bonds is 8. The van der Waals surface area contributed by atoms with Crippen molar-refractivity contribution < 1.29 is 0 Å². The maximum Gasteiger partial charge on any atom is 0.0649 e. The number of nitrogens with one attached hydrogen (secondary N) is 1. The number of nitrogens with zero attached hydrogens (tertiary/aromatic N) is 2. The van der Waals surface area contributed by atoms with Crippen LogP contribution in [0, 0.1) is 0 Å². The van der Waals surface area contributed by atoms with E-state index < -0.39 is 0 Å². The second-order valence-corrected chi connectivity index (χ2v) is 9.03. The predicted molar refractivity (Wildman–Crippen MR) is 154 cm³/mol. The van der Waals surface area contributed by atoms with Gasteiger partial charge in [-0.25, -0.2) is 0 Å². The molecule has 3 aromatic carbocycles. The van der Waals surface area contributed by atoms with Crippen molar-refractivity contribution >= 4 is 28.2 Å². The van der Waals surface area contributed by atoms with Crippen LogP contribution in [-0.4, -0.2) is 31.9 Å². The molecule has 1 unspecified atom stereocenters. The molecule has 0 spiro atoms. The molecule has 3 aromatic rings. The number of hydrogen-bond acceptors (Lipinski definition) is 3. The van der Waals surface area contributed by atoms with Crippen molar-refractivity contribution in [1.82, 2.24) is 0 Å². The van der Waals surface area contributed by atoms with Crippen LogP contribution in [0.3, 0.4) is 0 Å². The molecular weight excluding hydrogens is 426 g/mol. The average Bonchev–Trinajstić information content (AvgIpc) is 2.91. The van der Waals surface area contributed by atoms with E-state index in [-0.39, 0.29) is 0 Å².